The van der Waals surface area contributed by atoms with Crippen LogP contribution in [0.1, 0.15) is 38.7 Å². The third-order valence-electron chi connectivity index (χ3n) is 4.15. The Hall–Kier alpha value is -0.320. The Morgan fingerprint density at radius 3 is 2.27 bits per heavy atom. The maximum atomic E-state index is 10.2. The van der Waals surface area contributed by atoms with Crippen LogP contribution in [-0.2, 0) is 6.42 Å². The first kappa shape index (κ1) is 21.7. The number of hydrogen-bond acceptors (Lipinski definition) is 3. The lowest BCUT2D eigenvalue weighted by atomic mass is 9.99. The fraction of sp³-hybridized carbons (Fsp3) is 0.647. The topological polar surface area (TPSA) is 58.3 Å². The summed E-state index contributed by atoms with van der Waals surface area (Å²) in [4.78, 5) is 0. The molecule has 0 spiro atoms. The highest BCUT2D eigenvalue weighted by atomic mass is 35.5. The van der Waals surface area contributed by atoms with Crippen molar-refractivity contribution in [1.29, 1.82) is 0 Å². The number of aliphatic hydroxyl groups excluding tert-OH is 1. The van der Waals surface area contributed by atoms with Crippen LogP contribution in [0.4, 0.5) is 0 Å². The van der Waals surface area contributed by atoms with E-state index in [1.54, 1.807) is 0 Å². The molecule has 0 amide bonds. The first-order valence-electron chi connectivity index (χ1n) is 7.73. The number of nitrogens with two attached hydrogens (primary N) is 1. The maximum absolute atomic E-state index is 10.2. The van der Waals surface area contributed by atoms with E-state index in [4.69, 9.17) is 5.73 Å². The number of nitrogens with one attached hydrogen (secondary N) is 1. The Bertz CT molecular complexity index is 410. The summed E-state index contributed by atoms with van der Waals surface area (Å²) in [5.74, 6) is 0.695. The number of aliphatic hydroxyl groups is 1. The molecule has 1 aromatic carbocycles. The zero-order valence-electron chi connectivity index (χ0n) is 13.5. The van der Waals surface area contributed by atoms with Gasteiger partial charge in [0.05, 0.1) is 6.10 Å². The van der Waals surface area contributed by atoms with Crippen LogP contribution < -0.4 is 11.1 Å². The molecule has 1 aromatic rings. The highest BCUT2D eigenvalue weighted by molar-refractivity contribution is 5.85. The maximum Gasteiger partial charge on any atom is 0.0818 e. The highest BCUT2D eigenvalue weighted by Crippen LogP contribution is 2.40. The van der Waals surface area contributed by atoms with Crippen LogP contribution in [-0.4, -0.2) is 29.3 Å². The second-order valence-corrected chi connectivity index (χ2v) is 6.68. The summed E-state index contributed by atoms with van der Waals surface area (Å²) in [6.45, 7) is 5.10. The van der Waals surface area contributed by atoms with Crippen LogP contribution in [0.25, 0.3) is 0 Å². The van der Waals surface area contributed by atoms with Gasteiger partial charge in [-0.25, -0.2) is 0 Å². The van der Waals surface area contributed by atoms with Gasteiger partial charge in [-0.05, 0) is 37.2 Å². The molecular weight excluding hydrogens is 319 g/mol. The quantitative estimate of drug-likeness (QED) is 0.676. The van der Waals surface area contributed by atoms with E-state index >= 15 is 0 Å². The van der Waals surface area contributed by atoms with Gasteiger partial charge in [-0.3, -0.25) is 0 Å². The Morgan fingerprint density at radius 2 is 1.77 bits per heavy atom. The molecule has 1 aliphatic carbocycles. The minimum Gasteiger partial charge on any atom is -0.390 e. The predicted octanol–water partition coefficient (Wildman–Crippen LogP) is 2.93. The Kier molecular flexibility index (Phi) is 9.60. The van der Waals surface area contributed by atoms with Crippen molar-refractivity contribution in [3.05, 3.63) is 35.9 Å². The largest absolute Gasteiger partial charge is 0.390 e. The Labute approximate surface area is 146 Å². The average Bonchev–Trinajstić information content (AvgIpc) is 3.16. The fourth-order valence-electron chi connectivity index (χ4n) is 2.88. The molecule has 128 valence electrons. The van der Waals surface area contributed by atoms with E-state index in [0.717, 1.165) is 6.42 Å². The monoisotopic (exact) mass is 348 g/mol. The van der Waals surface area contributed by atoms with Gasteiger partial charge in [0.1, 0.15) is 0 Å². The van der Waals surface area contributed by atoms with Crippen molar-refractivity contribution < 1.29 is 5.11 Å². The van der Waals surface area contributed by atoms with Crippen molar-refractivity contribution in [2.24, 2.45) is 11.7 Å². The molecule has 1 fully saturated rings. The van der Waals surface area contributed by atoms with Gasteiger partial charge in [-0.15, -0.1) is 24.8 Å². The Morgan fingerprint density at radius 1 is 1.18 bits per heavy atom. The van der Waals surface area contributed by atoms with Gasteiger partial charge in [-0.1, -0.05) is 44.2 Å². The van der Waals surface area contributed by atoms with Crippen LogP contribution in [0.5, 0.6) is 0 Å². The summed E-state index contributed by atoms with van der Waals surface area (Å²) in [5.41, 5.74) is 7.57. The summed E-state index contributed by atoms with van der Waals surface area (Å²) in [5, 5.41) is 13.8. The molecule has 0 saturated heterocycles. The zero-order valence-corrected chi connectivity index (χ0v) is 15.1. The third-order valence-corrected chi connectivity index (χ3v) is 4.15. The minimum atomic E-state index is -0.486. The van der Waals surface area contributed by atoms with Crippen LogP contribution in [0, 0.1) is 5.92 Å². The molecule has 4 N–H and O–H groups in total. The molecule has 3 nitrogen and oxygen atoms in total. The lowest BCUT2D eigenvalue weighted by molar-refractivity contribution is 0.134. The van der Waals surface area contributed by atoms with Crippen molar-refractivity contribution in [3.63, 3.8) is 0 Å². The first-order valence-corrected chi connectivity index (χ1v) is 7.73. The predicted molar refractivity (Wildman–Crippen MR) is 98.0 cm³/mol. The highest BCUT2D eigenvalue weighted by Gasteiger charge is 2.42. The minimum absolute atomic E-state index is 0. The number of halogens is 2. The number of hydrogen-bond donors (Lipinski definition) is 3. The molecule has 0 aromatic heterocycles. The van der Waals surface area contributed by atoms with E-state index in [1.807, 2.05) is 18.2 Å². The third kappa shape index (κ3) is 6.84. The van der Waals surface area contributed by atoms with E-state index in [1.165, 1.54) is 24.8 Å². The van der Waals surface area contributed by atoms with Crippen LogP contribution in [0.2, 0.25) is 0 Å². The molecular formula is C17H30Cl2N2O. The van der Waals surface area contributed by atoms with Gasteiger partial charge >= 0.3 is 0 Å². The van der Waals surface area contributed by atoms with Gasteiger partial charge in [0, 0.05) is 18.1 Å². The number of benzene rings is 1. The van der Waals surface area contributed by atoms with Crippen molar-refractivity contribution in [1.82, 2.24) is 5.32 Å². The van der Waals surface area contributed by atoms with Crippen molar-refractivity contribution in [3.8, 4) is 0 Å². The van der Waals surface area contributed by atoms with E-state index in [2.05, 4.69) is 31.3 Å². The van der Waals surface area contributed by atoms with Gasteiger partial charge < -0.3 is 16.2 Å². The van der Waals surface area contributed by atoms with Crippen LogP contribution in [0.3, 0.4) is 0 Å². The molecule has 0 bridgehead atoms. The number of β-amino-alcohol motifs (C(OH)–C–C–N with tert-alkyl or cyclic N) is 1. The standard InChI is InChI=1S/C17H28N2O.2ClH/c1-13(2)11-17(8-9-17)19-12-16(20)15(18)10-14-6-4-3-5-7-14;;/h3-7,13,15-16,19-20H,8-12,18H2,1-2H3;2*1H/t15-,16+;;/m0../s1. The summed E-state index contributed by atoms with van der Waals surface area (Å²) in [6, 6.07) is 9.92. The molecule has 22 heavy (non-hydrogen) atoms. The summed E-state index contributed by atoms with van der Waals surface area (Å²) in [6.07, 6.45) is 3.88. The van der Waals surface area contributed by atoms with Gasteiger partial charge in [0.2, 0.25) is 0 Å². The van der Waals surface area contributed by atoms with Crippen molar-refractivity contribution in [2.75, 3.05) is 6.54 Å². The van der Waals surface area contributed by atoms with Gasteiger partial charge in [0.15, 0.2) is 0 Å². The molecule has 1 saturated carbocycles. The normalized spacial score (nSPS) is 18.0. The fourth-order valence-corrected chi connectivity index (χ4v) is 2.88. The summed E-state index contributed by atoms with van der Waals surface area (Å²) < 4.78 is 0. The van der Waals surface area contributed by atoms with E-state index in [0.29, 0.717) is 12.5 Å². The Balaban J connectivity index is 0.00000220. The number of rotatable bonds is 8. The SMILES string of the molecule is CC(C)CC1(NC[C@@H](O)[C@@H](N)Cc2ccccc2)CC1.Cl.Cl. The summed E-state index contributed by atoms with van der Waals surface area (Å²) >= 11 is 0. The lowest BCUT2D eigenvalue weighted by Crippen LogP contribution is -2.46. The van der Waals surface area contributed by atoms with Crippen molar-refractivity contribution in [2.45, 2.75) is 57.2 Å². The van der Waals surface area contributed by atoms with Gasteiger partial charge in [-0.2, -0.15) is 0 Å². The smallest absolute Gasteiger partial charge is 0.0818 e. The van der Waals surface area contributed by atoms with Crippen LogP contribution in [0.15, 0.2) is 30.3 Å². The molecule has 0 heterocycles. The average molecular weight is 349 g/mol. The molecule has 2 rings (SSSR count). The van der Waals surface area contributed by atoms with Crippen molar-refractivity contribution >= 4 is 24.8 Å². The zero-order chi connectivity index (χ0) is 14.6. The molecule has 0 aliphatic heterocycles. The lowest BCUT2D eigenvalue weighted by Gasteiger charge is -2.24. The molecule has 5 heteroatoms. The molecule has 2 atom stereocenters. The second-order valence-electron chi connectivity index (χ2n) is 6.68. The van der Waals surface area contributed by atoms with E-state index in [9.17, 15) is 5.11 Å². The summed E-state index contributed by atoms with van der Waals surface area (Å²) in [7, 11) is 0. The van der Waals surface area contributed by atoms with Crippen LogP contribution >= 0.6 is 24.8 Å². The van der Waals surface area contributed by atoms with E-state index in [-0.39, 0.29) is 36.4 Å². The molecule has 0 radical (unpaired) electrons. The van der Waals surface area contributed by atoms with E-state index < -0.39 is 6.10 Å². The second kappa shape index (κ2) is 9.74. The van der Waals surface area contributed by atoms with Gasteiger partial charge in [0.25, 0.3) is 0 Å². The first-order chi connectivity index (χ1) is 9.51. The molecule has 0 unspecified atom stereocenters. The molecule has 1 aliphatic rings.